The molecule has 0 fully saturated rings. The standard InChI is InChI=1S/C23H28FN7O3/c1-16-4-6-19(7-5-16)34-11-10-30(3)21(32)15-31-14-18(13-27-31)28-22(33)17(2)12-26-23-25-9-8-20(24)29-23/h4-9,13-14,17H,10-12,15H2,1-3H3,(H,28,33)(H,25,26,29)/t17-/m0/s1. The topological polar surface area (TPSA) is 114 Å². The van der Waals surface area contributed by atoms with Gasteiger partial charge in [0.05, 0.1) is 24.3 Å². The van der Waals surface area contributed by atoms with E-state index >= 15 is 0 Å². The summed E-state index contributed by atoms with van der Waals surface area (Å²) in [6.07, 6.45) is 4.35. The number of carbonyl (C=O) groups excluding carboxylic acids is 2. The summed E-state index contributed by atoms with van der Waals surface area (Å²) in [6, 6.07) is 8.86. The Morgan fingerprint density at radius 2 is 2.00 bits per heavy atom. The van der Waals surface area contributed by atoms with E-state index in [0.29, 0.717) is 18.8 Å². The maximum atomic E-state index is 13.1. The smallest absolute Gasteiger partial charge is 0.244 e. The molecule has 0 saturated heterocycles. The molecule has 0 radical (unpaired) electrons. The summed E-state index contributed by atoms with van der Waals surface area (Å²) in [4.78, 5) is 33.9. The Hall–Kier alpha value is -4.02. The lowest BCUT2D eigenvalue weighted by Gasteiger charge is -2.17. The summed E-state index contributed by atoms with van der Waals surface area (Å²) in [7, 11) is 1.70. The Balaban J connectivity index is 1.40. The van der Waals surface area contributed by atoms with Crippen LogP contribution < -0.4 is 15.4 Å². The molecule has 2 aromatic heterocycles. The summed E-state index contributed by atoms with van der Waals surface area (Å²) >= 11 is 0. The fourth-order valence-electron chi connectivity index (χ4n) is 2.86. The molecule has 34 heavy (non-hydrogen) atoms. The molecule has 180 valence electrons. The first kappa shape index (κ1) is 24.6. The lowest BCUT2D eigenvalue weighted by Crippen LogP contribution is -2.33. The predicted octanol–water partition coefficient (Wildman–Crippen LogP) is 2.34. The number of anilines is 2. The fraction of sp³-hybridized carbons (Fsp3) is 0.348. The number of amides is 2. The van der Waals surface area contributed by atoms with Crippen molar-refractivity contribution in [3.8, 4) is 5.75 Å². The van der Waals surface area contributed by atoms with Gasteiger partial charge in [0, 0.05) is 32.1 Å². The van der Waals surface area contributed by atoms with Crippen molar-refractivity contribution in [1.29, 1.82) is 0 Å². The molecule has 3 aromatic rings. The van der Waals surface area contributed by atoms with Crippen molar-refractivity contribution in [2.75, 3.05) is 37.4 Å². The molecule has 2 heterocycles. The largest absolute Gasteiger partial charge is 0.492 e. The lowest BCUT2D eigenvalue weighted by molar-refractivity contribution is -0.131. The number of aromatic nitrogens is 4. The molecule has 0 unspecified atom stereocenters. The third kappa shape index (κ3) is 7.54. The van der Waals surface area contributed by atoms with Crippen molar-refractivity contribution in [3.05, 3.63) is 60.4 Å². The Morgan fingerprint density at radius 1 is 1.24 bits per heavy atom. The van der Waals surface area contributed by atoms with Crippen LogP contribution >= 0.6 is 0 Å². The van der Waals surface area contributed by atoms with Gasteiger partial charge in [0.2, 0.25) is 23.7 Å². The Kier molecular flexibility index (Phi) is 8.49. The maximum Gasteiger partial charge on any atom is 0.244 e. The van der Waals surface area contributed by atoms with Crippen LogP contribution in [0.25, 0.3) is 0 Å². The van der Waals surface area contributed by atoms with E-state index in [2.05, 4.69) is 25.7 Å². The molecule has 10 nitrogen and oxygen atoms in total. The second-order valence-corrected chi connectivity index (χ2v) is 7.88. The average Bonchev–Trinajstić information content (AvgIpc) is 3.25. The van der Waals surface area contributed by atoms with Crippen molar-refractivity contribution >= 4 is 23.5 Å². The highest BCUT2D eigenvalue weighted by molar-refractivity contribution is 5.92. The van der Waals surface area contributed by atoms with Crippen LogP contribution in [0.15, 0.2) is 48.9 Å². The van der Waals surface area contributed by atoms with Crippen LogP contribution in [0.2, 0.25) is 0 Å². The van der Waals surface area contributed by atoms with Gasteiger partial charge in [-0.2, -0.15) is 14.5 Å². The first-order chi connectivity index (χ1) is 16.3. The summed E-state index contributed by atoms with van der Waals surface area (Å²) in [5, 5.41) is 9.70. The van der Waals surface area contributed by atoms with Gasteiger partial charge >= 0.3 is 0 Å². The van der Waals surface area contributed by atoms with E-state index in [-0.39, 0.29) is 30.9 Å². The zero-order valence-corrected chi connectivity index (χ0v) is 19.4. The molecule has 0 bridgehead atoms. The summed E-state index contributed by atoms with van der Waals surface area (Å²) in [6.45, 7) is 4.77. The molecule has 0 aliphatic carbocycles. The van der Waals surface area contributed by atoms with E-state index in [4.69, 9.17) is 4.74 Å². The number of likely N-dealkylation sites (N-methyl/N-ethyl adjacent to an activating group) is 1. The number of rotatable bonds is 11. The van der Waals surface area contributed by atoms with Gasteiger partial charge in [0.1, 0.15) is 18.9 Å². The number of benzene rings is 1. The van der Waals surface area contributed by atoms with Crippen LogP contribution in [0.3, 0.4) is 0 Å². The summed E-state index contributed by atoms with van der Waals surface area (Å²) < 4.78 is 20.2. The van der Waals surface area contributed by atoms with E-state index in [9.17, 15) is 14.0 Å². The minimum Gasteiger partial charge on any atom is -0.492 e. The lowest BCUT2D eigenvalue weighted by atomic mass is 10.1. The molecule has 3 rings (SSSR count). The minimum absolute atomic E-state index is 0.0327. The second-order valence-electron chi connectivity index (χ2n) is 7.88. The van der Waals surface area contributed by atoms with E-state index in [0.717, 1.165) is 17.4 Å². The SMILES string of the molecule is Cc1ccc(OCCN(C)C(=O)Cn2cc(NC(=O)[C@@H](C)CNc3nccc(F)n3)cn2)cc1. The number of nitrogens with zero attached hydrogens (tertiary/aromatic N) is 5. The van der Waals surface area contributed by atoms with Gasteiger partial charge in [-0.15, -0.1) is 0 Å². The maximum absolute atomic E-state index is 13.1. The van der Waals surface area contributed by atoms with Crippen LogP contribution in [0.4, 0.5) is 16.0 Å². The van der Waals surface area contributed by atoms with Crippen LogP contribution in [0.1, 0.15) is 12.5 Å². The van der Waals surface area contributed by atoms with Crippen molar-refractivity contribution in [3.63, 3.8) is 0 Å². The van der Waals surface area contributed by atoms with Gasteiger partial charge in [-0.1, -0.05) is 24.6 Å². The van der Waals surface area contributed by atoms with Crippen molar-refractivity contribution in [2.45, 2.75) is 20.4 Å². The molecular formula is C23H28FN7O3. The number of nitrogens with one attached hydrogen (secondary N) is 2. The highest BCUT2D eigenvalue weighted by Crippen LogP contribution is 2.12. The van der Waals surface area contributed by atoms with E-state index in [1.54, 1.807) is 25.1 Å². The molecule has 2 N–H and O–H groups in total. The zero-order chi connectivity index (χ0) is 24.5. The third-order valence-electron chi connectivity index (χ3n) is 4.98. The summed E-state index contributed by atoms with van der Waals surface area (Å²) in [5.41, 5.74) is 1.62. The monoisotopic (exact) mass is 469 g/mol. The molecular weight excluding hydrogens is 441 g/mol. The normalized spacial score (nSPS) is 11.5. The van der Waals surface area contributed by atoms with E-state index in [1.165, 1.54) is 17.1 Å². The first-order valence-electron chi connectivity index (χ1n) is 10.8. The highest BCUT2D eigenvalue weighted by atomic mass is 19.1. The minimum atomic E-state index is -0.652. The molecule has 1 aromatic carbocycles. The molecule has 2 amide bonds. The first-order valence-corrected chi connectivity index (χ1v) is 10.8. The molecule has 1 atom stereocenters. The number of hydrogen-bond acceptors (Lipinski definition) is 7. The second kappa shape index (κ2) is 11.7. The van der Waals surface area contributed by atoms with Crippen LogP contribution in [-0.4, -0.2) is 63.2 Å². The van der Waals surface area contributed by atoms with Crippen molar-refractivity contribution < 1.29 is 18.7 Å². The zero-order valence-electron chi connectivity index (χ0n) is 19.4. The Bertz CT molecular complexity index is 1100. The van der Waals surface area contributed by atoms with E-state index < -0.39 is 11.9 Å². The molecule has 0 saturated carbocycles. The van der Waals surface area contributed by atoms with E-state index in [1.807, 2.05) is 31.2 Å². The number of hydrogen-bond donors (Lipinski definition) is 2. The van der Waals surface area contributed by atoms with Gasteiger partial charge in [0.25, 0.3) is 0 Å². The predicted molar refractivity (Wildman–Crippen MR) is 125 cm³/mol. The highest BCUT2D eigenvalue weighted by Gasteiger charge is 2.16. The summed E-state index contributed by atoms with van der Waals surface area (Å²) in [5.74, 6) is -0.634. The van der Waals surface area contributed by atoms with Gasteiger partial charge in [0.15, 0.2) is 0 Å². The number of halogens is 1. The van der Waals surface area contributed by atoms with Gasteiger partial charge in [-0.25, -0.2) is 4.98 Å². The van der Waals surface area contributed by atoms with Crippen LogP contribution in [-0.2, 0) is 16.1 Å². The van der Waals surface area contributed by atoms with Gasteiger partial charge in [-0.3, -0.25) is 14.3 Å². The third-order valence-corrected chi connectivity index (χ3v) is 4.98. The van der Waals surface area contributed by atoms with Crippen LogP contribution in [0, 0.1) is 18.8 Å². The number of ether oxygens (including phenoxy) is 1. The molecule has 0 aliphatic rings. The Labute approximate surface area is 197 Å². The quantitative estimate of drug-likeness (QED) is 0.414. The number of carbonyl (C=O) groups is 2. The molecule has 0 spiro atoms. The van der Waals surface area contributed by atoms with Gasteiger partial charge in [-0.05, 0) is 19.1 Å². The van der Waals surface area contributed by atoms with Crippen molar-refractivity contribution in [1.82, 2.24) is 24.6 Å². The van der Waals surface area contributed by atoms with Gasteiger partial charge < -0.3 is 20.3 Å². The van der Waals surface area contributed by atoms with Crippen LogP contribution in [0.5, 0.6) is 5.75 Å². The number of aryl methyl sites for hydroxylation is 1. The Morgan fingerprint density at radius 3 is 2.74 bits per heavy atom. The molecule has 0 aliphatic heterocycles. The molecule has 11 heteroatoms. The fourth-order valence-corrected chi connectivity index (χ4v) is 2.86. The average molecular weight is 470 g/mol. The van der Waals surface area contributed by atoms with Crippen molar-refractivity contribution in [2.24, 2.45) is 5.92 Å².